The molecule has 3 rings (SSSR count). The third kappa shape index (κ3) is 5.02. The van der Waals surface area contributed by atoms with Gasteiger partial charge in [0.1, 0.15) is 5.82 Å². The second-order valence-corrected chi connectivity index (χ2v) is 6.75. The first-order valence-corrected chi connectivity index (χ1v) is 9.15. The molecule has 1 aliphatic rings. The second-order valence-electron chi connectivity index (χ2n) is 6.75. The van der Waals surface area contributed by atoms with Crippen molar-refractivity contribution in [3.63, 3.8) is 0 Å². The molecule has 0 atom stereocenters. The van der Waals surface area contributed by atoms with E-state index in [4.69, 9.17) is 0 Å². The molecule has 2 aromatic rings. The van der Waals surface area contributed by atoms with Gasteiger partial charge in [0.05, 0.1) is 0 Å². The van der Waals surface area contributed by atoms with Crippen LogP contribution in [0.4, 0.5) is 5.82 Å². The third-order valence-corrected chi connectivity index (χ3v) is 4.81. The Morgan fingerprint density at radius 3 is 2.48 bits per heavy atom. The molecule has 25 heavy (non-hydrogen) atoms. The van der Waals surface area contributed by atoms with Crippen LogP contribution in [0.2, 0.25) is 0 Å². The van der Waals surface area contributed by atoms with E-state index in [-0.39, 0.29) is 11.9 Å². The Labute approximate surface area is 149 Å². The average Bonchev–Trinajstić information content (AvgIpc) is 2.90. The summed E-state index contributed by atoms with van der Waals surface area (Å²) in [6.45, 7) is 2.78. The summed E-state index contributed by atoms with van der Waals surface area (Å²) in [5.41, 5.74) is 2.84. The minimum absolute atomic E-state index is 0.121. The standard InChI is InChI=1S/C20H26N4O/c1-15-8-6-7-9-16(15)14-21-19-13-12-18(23-24-19)20(25)22-17-10-4-2-3-5-11-17/h6-9,12-13,17H,2-5,10-11,14H2,1H3,(H,21,24)(H,22,25). The van der Waals surface area contributed by atoms with Crippen molar-refractivity contribution >= 4 is 11.7 Å². The molecule has 1 heterocycles. The minimum atomic E-state index is -0.121. The fourth-order valence-electron chi connectivity index (χ4n) is 3.22. The highest BCUT2D eigenvalue weighted by atomic mass is 16.2. The van der Waals surface area contributed by atoms with Crippen molar-refractivity contribution in [2.75, 3.05) is 5.32 Å². The summed E-state index contributed by atoms with van der Waals surface area (Å²) in [4.78, 5) is 12.3. The lowest BCUT2D eigenvalue weighted by Crippen LogP contribution is -2.35. The zero-order valence-electron chi connectivity index (χ0n) is 14.8. The van der Waals surface area contributed by atoms with Gasteiger partial charge in [-0.2, -0.15) is 0 Å². The number of hydrogen-bond donors (Lipinski definition) is 2. The molecule has 1 fully saturated rings. The van der Waals surface area contributed by atoms with Crippen LogP contribution in [0.15, 0.2) is 36.4 Å². The molecule has 0 radical (unpaired) electrons. The van der Waals surface area contributed by atoms with Gasteiger partial charge >= 0.3 is 0 Å². The average molecular weight is 338 g/mol. The number of hydrogen-bond acceptors (Lipinski definition) is 4. The maximum Gasteiger partial charge on any atom is 0.272 e. The topological polar surface area (TPSA) is 66.9 Å². The zero-order chi connectivity index (χ0) is 17.5. The van der Waals surface area contributed by atoms with Crippen LogP contribution in [0.5, 0.6) is 0 Å². The fourth-order valence-corrected chi connectivity index (χ4v) is 3.22. The Morgan fingerprint density at radius 2 is 1.80 bits per heavy atom. The van der Waals surface area contributed by atoms with E-state index in [1.807, 2.05) is 18.2 Å². The quantitative estimate of drug-likeness (QED) is 0.813. The van der Waals surface area contributed by atoms with Crippen LogP contribution in [0, 0.1) is 6.92 Å². The molecule has 0 aliphatic heterocycles. The molecule has 5 heteroatoms. The summed E-state index contributed by atoms with van der Waals surface area (Å²) in [6.07, 6.45) is 7.06. The van der Waals surface area contributed by atoms with Gasteiger partial charge in [-0.25, -0.2) is 0 Å². The number of benzene rings is 1. The zero-order valence-corrected chi connectivity index (χ0v) is 14.8. The summed E-state index contributed by atoms with van der Waals surface area (Å²) < 4.78 is 0. The van der Waals surface area contributed by atoms with Crippen molar-refractivity contribution in [3.05, 3.63) is 53.2 Å². The molecule has 1 aromatic carbocycles. The van der Waals surface area contributed by atoms with Crippen LogP contribution in [0.25, 0.3) is 0 Å². The minimum Gasteiger partial charge on any atom is -0.364 e. The number of nitrogens with zero attached hydrogens (tertiary/aromatic N) is 2. The van der Waals surface area contributed by atoms with Crippen LogP contribution in [0.1, 0.15) is 60.1 Å². The third-order valence-electron chi connectivity index (χ3n) is 4.81. The van der Waals surface area contributed by atoms with E-state index in [1.165, 1.54) is 36.8 Å². The Balaban J connectivity index is 1.54. The number of anilines is 1. The van der Waals surface area contributed by atoms with Gasteiger partial charge in [-0.1, -0.05) is 49.9 Å². The van der Waals surface area contributed by atoms with Crippen LogP contribution in [-0.4, -0.2) is 22.1 Å². The van der Waals surface area contributed by atoms with Crippen molar-refractivity contribution < 1.29 is 4.79 Å². The number of aryl methyl sites for hydroxylation is 1. The van der Waals surface area contributed by atoms with Gasteiger partial charge in [-0.3, -0.25) is 4.79 Å². The van der Waals surface area contributed by atoms with Gasteiger partial charge in [0.2, 0.25) is 0 Å². The first-order chi connectivity index (χ1) is 12.2. The summed E-state index contributed by atoms with van der Waals surface area (Å²) in [7, 11) is 0. The number of amides is 1. The molecule has 1 saturated carbocycles. The van der Waals surface area contributed by atoms with Crippen LogP contribution >= 0.6 is 0 Å². The Kier molecular flexibility index (Phi) is 5.99. The number of carbonyl (C=O) groups is 1. The van der Waals surface area contributed by atoms with E-state index >= 15 is 0 Å². The first kappa shape index (κ1) is 17.4. The van der Waals surface area contributed by atoms with Crippen LogP contribution < -0.4 is 10.6 Å². The number of nitrogens with one attached hydrogen (secondary N) is 2. The number of aromatic nitrogens is 2. The van der Waals surface area contributed by atoms with E-state index in [2.05, 4.69) is 39.9 Å². The van der Waals surface area contributed by atoms with E-state index in [0.717, 1.165) is 12.8 Å². The van der Waals surface area contributed by atoms with Crippen molar-refractivity contribution in [3.8, 4) is 0 Å². The molecule has 1 aromatic heterocycles. The SMILES string of the molecule is Cc1ccccc1CNc1ccc(C(=O)NC2CCCCCC2)nn1. The maximum atomic E-state index is 12.3. The van der Waals surface area contributed by atoms with Crippen LogP contribution in [0.3, 0.4) is 0 Å². The van der Waals surface area contributed by atoms with Gasteiger partial charge in [0, 0.05) is 12.6 Å². The predicted molar refractivity (Wildman–Crippen MR) is 99.5 cm³/mol. The smallest absolute Gasteiger partial charge is 0.272 e. The molecule has 1 amide bonds. The van der Waals surface area contributed by atoms with Gasteiger partial charge in [0.25, 0.3) is 5.91 Å². The van der Waals surface area contributed by atoms with E-state index in [9.17, 15) is 4.79 Å². The maximum absolute atomic E-state index is 12.3. The predicted octanol–water partition coefficient (Wildman–Crippen LogP) is 3.85. The first-order valence-electron chi connectivity index (χ1n) is 9.15. The van der Waals surface area contributed by atoms with Crippen molar-refractivity contribution in [2.24, 2.45) is 0 Å². The molecule has 5 nitrogen and oxygen atoms in total. The Hall–Kier alpha value is -2.43. The van der Waals surface area contributed by atoms with E-state index in [0.29, 0.717) is 18.1 Å². The van der Waals surface area contributed by atoms with Gasteiger partial charge in [-0.15, -0.1) is 10.2 Å². The molecule has 2 N–H and O–H groups in total. The lowest BCUT2D eigenvalue weighted by atomic mass is 10.1. The molecule has 0 bridgehead atoms. The highest BCUT2D eigenvalue weighted by molar-refractivity contribution is 5.92. The van der Waals surface area contributed by atoms with Crippen molar-refractivity contribution in [1.29, 1.82) is 0 Å². The Bertz CT molecular complexity index is 691. The number of carbonyl (C=O) groups excluding carboxylic acids is 1. The lowest BCUT2D eigenvalue weighted by molar-refractivity contribution is 0.0927. The van der Waals surface area contributed by atoms with Gasteiger partial charge < -0.3 is 10.6 Å². The summed E-state index contributed by atoms with van der Waals surface area (Å²) in [5, 5.41) is 14.6. The van der Waals surface area contributed by atoms with Gasteiger partial charge in [0.15, 0.2) is 5.69 Å². The lowest BCUT2D eigenvalue weighted by Gasteiger charge is -2.15. The second kappa shape index (κ2) is 8.60. The van der Waals surface area contributed by atoms with Crippen molar-refractivity contribution in [1.82, 2.24) is 15.5 Å². The van der Waals surface area contributed by atoms with Gasteiger partial charge in [-0.05, 0) is 43.0 Å². The molecular formula is C20H26N4O. The largest absolute Gasteiger partial charge is 0.364 e. The summed E-state index contributed by atoms with van der Waals surface area (Å²) in [6, 6.07) is 12.0. The monoisotopic (exact) mass is 338 g/mol. The molecular weight excluding hydrogens is 312 g/mol. The highest BCUT2D eigenvalue weighted by Crippen LogP contribution is 2.17. The highest BCUT2D eigenvalue weighted by Gasteiger charge is 2.16. The molecule has 0 unspecified atom stereocenters. The normalized spacial score (nSPS) is 15.4. The molecule has 0 saturated heterocycles. The van der Waals surface area contributed by atoms with E-state index in [1.54, 1.807) is 6.07 Å². The Morgan fingerprint density at radius 1 is 1.04 bits per heavy atom. The number of rotatable bonds is 5. The fraction of sp³-hybridized carbons (Fsp3) is 0.450. The van der Waals surface area contributed by atoms with E-state index < -0.39 is 0 Å². The molecule has 1 aliphatic carbocycles. The molecule has 132 valence electrons. The summed E-state index contributed by atoms with van der Waals surface area (Å²) in [5.74, 6) is 0.555. The molecule has 0 spiro atoms. The summed E-state index contributed by atoms with van der Waals surface area (Å²) >= 11 is 0. The van der Waals surface area contributed by atoms with Crippen molar-refractivity contribution in [2.45, 2.75) is 58.0 Å². The van der Waals surface area contributed by atoms with Crippen LogP contribution in [-0.2, 0) is 6.54 Å².